The third-order valence-electron chi connectivity index (χ3n) is 3.99. The Labute approximate surface area is 139 Å². The number of aromatic hydroxyl groups is 1. The highest BCUT2D eigenvalue weighted by molar-refractivity contribution is 5.85. The molecular formula is C19H29NO3. The van der Waals surface area contributed by atoms with Crippen LogP contribution in [0.15, 0.2) is 17.1 Å². The standard InChI is InChI=1S/C19H29NO3/c1-18(2,3)14-9-13(11-20-12-16-22-7-8-23-16)17(21)15(10-14)19(4,5)6/h9-11,16,21H,7-8,12H2,1-6H3/b20-11+. The smallest absolute Gasteiger partial charge is 0.177 e. The molecule has 0 atom stereocenters. The second-order valence-corrected chi connectivity index (χ2v) is 8.13. The molecule has 2 rings (SSSR count). The molecule has 0 unspecified atom stereocenters. The van der Waals surface area contributed by atoms with Crippen molar-refractivity contribution in [2.45, 2.75) is 58.7 Å². The number of phenols is 1. The Kier molecular flexibility index (Phi) is 5.17. The summed E-state index contributed by atoms with van der Waals surface area (Å²) in [5.74, 6) is 0.308. The molecule has 0 spiro atoms. The molecule has 0 saturated carbocycles. The first-order valence-corrected chi connectivity index (χ1v) is 8.20. The summed E-state index contributed by atoms with van der Waals surface area (Å²) in [5.41, 5.74) is 2.76. The second kappa shape index (κ2) is 6.62. The Hall–Kier alpha value is -1.39. The lowest BCUT2D eigenvalue weighted by Crippen LogP contribution is -2.17. The van der Waals surface area contributed by atoms with Crippen LogP contribution in [0.1, 0.15) is 58.2 Å². The highest BCUT2D eigenvalue weighted by atomic mass is 16.7. The summed E-state index contributed by atoms with van der Waals surface area (Å²) in [4.78, 5) is 4.40. The zero-order valence-corrected chi connectivity index (χ0v) is 15.1. The molecule has 0 radical (unpaired) electrons. The first-order chi connectivity index (χ1) is 10.6. The second-order valence-electron chi connectivity index (χ2n) is 8.13. The Morgan fingerprint density at radius 1 is 1.09 bits per heavy atom. The van der Waals surface area contributed by atoms with Gasteiger partial charge in [-0.2, -0.15) is 0 Å². The van der Waals surface area contributed by atoms with E-state index in [1.165, 1.54) is 5.56 Å². The van der Waals surface area contributed by atoms with Gasteiger partial charge in [-0.15, -0.1) is 0 Å². The molecule has 0 aliphatic carbocycles. The van der Waals surface area contributed by atoms with Gasteiger partial charge in [0.2, 0.25) is 0 Å². The van der Waals surface area contributed by atoms with Gasteiger partial charge < -0.3 is 14.6 Å². The Balaban J connectivity index is 2.34. The first-order valence-electron chi connectivity index (χ1n) is 8.20. The molecule has 1 fully saturated rings. The van der Waals surface area contributed by atoms with E-state index < -0.39 is 0 Å². The highest BCUT2D eigenvalue weighted by Crippen LogP contribution is 2.37. The van der Waals surface area contributed by atoms with E-state index in [0.717, 1.165) is 11.1 Å². The van der Waals surface area contributed by atoms with Crippen molar-refractivity contribution in [1.82, 2.24) is 0 Å². The highest BCUT2D eigenvalue weighted by Gasteiger charge is 2.24. The minimum absolute atomic E-state index is 0.00790. The van der Waals surface area contributed by atoms with Crippen LogP contribution in [0.2, 0.25) is 0 Å². The Morgan fingerprint density at radius 2 is 1.70 bits per heavy atom. The molecule has 0 amide bonds. The third kappa shape index (κ3) is 4.55. The van der Waals surface area contributed by atoms with Crippen LogP contribution < -0.4 is 0 Å². The first kappa shape index (κ1) is 18.0. The summed E-state index contributed by atoms with van der Waals surface area (Å²) in [7, 11) is 0. The Morgan fingerprint density at radius 3 is 2.22 bits per heavy atom. The summed E-state index contributed by atoms with van der Waals surface area (Å²) in [6.07, 6.45) is 1.46. The number of benzene rings is 1. The topological polar surface area (TPSA) is 51.0 Å². The van der Waals surface area contributed by atoms with Gasteiger partial charge in [0.25, 0.3) is 0 Å². The third-order valence-corrected chi connectivity index (χ3v) is 3.99. The lowest BCUT2D eigenvalue weighted by molar-refractivity contribution is -0.0325. The van der Waals surface area contributed by atoms with Crippen LogP contribution >= 0.6 is 0 Å². The molecule has 23 heavy (non-hydrogen) atoms. The van der Waals surface area contributed by atoms with Crippen molar-refractivity contribution < 1.29 is 14.6 Å². The van der Waals surface area contributed by atoms with E-state index in [1.807, 2.05) is 6.07 Å². The molecule has 1 aromatic carbocycles. The summed E-state index contributed by atoms with van der Waals surface area (Å²) < 4.78 is 10.8. The van der Waals surface area contributed by atoms with Crippen LogP contribution in [0.3, 0.4) is 0 Å². The average Bonchev–Trinajstić information content (AvgIpc) is 2.91. The molecule has 1 aliphatic rings. The van der Waals surface area contributed by atoms with Gasteiger partial charge in [0.05, 0.1) is 19.8 Å². The van der Waals surface area contributed by atoms with E-state index in [-0.39, 0.29) is 17.1 Å². The summed E-state index contributed by atoms with van der Waals surface area (Å²) in [5, 5.41) is 10.7. The van der Waals surface area contributed by atoms with Crippen molar-refractivity contribution in [2.24, 2.45) is 4.99 Å². The fourth-order valence-electron chi connectivity index (χ4n) is 2.51. The largest absolute Gasteiger partial charge is 0.507 e. The van der Waals surface area contributed by atoms with Crippen LogP contribution in [-0.4, -0.2) is 37.4 Å². The van der Waals surface area contributed by atoms with Gasteiger partial charge >= 0.3 is 0 Å². The number of rotatable bonds is 3. The maximum absolute atomic E-state index is 10.7. The predicted octanol–water partition coefficient (Wildman–Crippen LogP) is 3.78. The van der Waals surface area contributed by atoms with Crippen molar-refractivity contribution >= 4 is 6.21 Å². The van der Waals surface area contributed by atoms with Crippen LogP contribution in [0.25, 0.3) is 0 Å². The number of nitrogens with zero attached hydrogens (tertiary/aromatic N) is 1. The fourth-order valence-corrected chi connectivity index (χ4v) is 2.51. The lowest BCUT2D eigenvalue weighted by Gasteiger charge is -2.27. The number of hydrogen-bond acceptors (Lipinski definition) is 4. The molecule has 1 aliphatic heterocycles. The van der Waals surface area contributed by atoms with E-state index in [2.05, 4.69) is 52.6 Å². The van der Waals surface area contributed by atoms with Gasteiger partial charge in [-0.25, -0.2) is 0 Å². The molecule has 1 N–H and O–H groups in total. The van der Waals surface area contributed by atoms with Gasteiger partial charge in [0.15, 0.2) is 6.29 Å². The SMILES string of the molecule is CC(C)(C)c1cc(/C=N/CC2OCCO2)c(O)c(C(C)(C)C)c1. The normalized spacial score (nSPS) is 17.3. The van der Waals surface area contributed by atoms with Crippen molar-refractivity contribution in [3.8, 4) is 5.75 Å². The number of hydrogen-bond donors (Lipinski definition) is 1. The zero-order valence-electron chi connectivity index (χ0n) is 15.1. The monoisotopic (exact) mass is 319 g/mol. The van der Waals surface area contributed by atoms with Crippen molar-refractivity contribution in [1.29, 1.82) is 0 Å². The molecule has 1 heterocycles. The summed E-state index contributed by atoms with van der Waals surface area (Å²) >= 11 is 0. The average molecular weight is 319 g/mol. The van der Waals surface area contributed by atoms with Crippen molar-refractivity contribution in [2.75, 3.05) is 19.8 Å². The number of ether oxygens (including phenoxy) is 2. The van der Waals surface area contributed by atoms with Gasteiger partial charge in [0.1, 0.15) is 5.75 Å². The van der Waals surface area contributed by atoms with Crippen molar-refractivity contribution in [3.63, 3.8) is 0 Å². The van der Waals surface area contributed by atoms with Crippen molar-refractivity contribution in [3.05, 3.63) is 28.8 Å². The molecular weight excluding hydrogens is 290 g/mol. The lowest BCUT2D eigenvalue weighted by atomic mass is 9.79. The molecule has 0 aromatic heterocycles. The van der Waals surface area contributed by atoms with Gasteiger partial charge in [-0.3, -0.25) is 4.99 Å². The maximum Gasteiger partial charge on any atom is 0.177 e. The van der Waals surface area contributed by atoms with Crippen LogP contribution in [-0.2, 0) is 20.3 Å². The Bertz CT molecular complexity index is 574. The van der Waals surface area contributed by atoms with Gasteiger partial charge in [-0.05, 0) is 22.5 Å². The zero-order chi connectivity index (χ0) is 17.3. The van der Waals surface area contributed by atoms with E-state index >= 15 is 0 Å². The molecule has 0 bridgehead atoms. The van der Waals surface area contributed by atoms with Crippen LogP contribution in [0.5, 0.6) is 5.75 Å². The van der Waals surface area contributed by atoms with E-state index in [0.29, 0.717) is 25.5 Å². The van der Waals surface area contributed by atoms with E-state index in [9.17, 15) is 5.11 Å². The van der Waals surface area contributed by atoms with Crippen LogP contribution in [0, 0.1) is 0 Å². The minimum atomic E-state index is -0.263. The molecule has 1 saturated heterocycles. The van der Waals surface area contributed by atoms with Gasteiger partial charge in [-0.1, -0.05) is 47.6 Å². The van der Waals surface area contributed by atoms with Gasteiger partial charge in [0, 0.05) is 17.3 Å². The fraction of sp³-hybridized carbons (Fsp3) is 0.632. The molecule has 4 heteroatoms. The predicted molar refractivity (Wildman–Crippen MR) is 93.7 cm³/mol. The quantitative estimate of drug-likeness (QED) is 0.863. The van der Waals surface area contributed by atoms with Crippen LogP contribution in [0.4, 0.5) is 0 Å². The molecule has 128 valence electrons. The summed E-state index contributed by atoms with van der Waals surface area (Å²) in [6, 6.07) is 4.13. The molecule has 4 nitrogen and oxygen atoms in total. The number of aliphatic imine (C=N–C) groups is 1. The van der Waals surface area contributed by atoms with E-state index in [1.54, 1.807) is 6.21 Å². The number of phenolic OH excluding ortho intramolecular Hbond substituents is 1. The van der Waals surface area contributed by atoms with E-state index in [4.69, 9.17) is 9.47 Å². The maximum atomic E-state index is 10.7. The molecule has 1 aromatic rings. The summed E-state index contributed by atoms with van der Waals surface area (Å²) in [6.45, 7) is 14.5. The minimum Gasteiger partial charge on any atom is -0.507 e.